The topological polar surface area (TPSA) is 9.23 Å². The summed E-state index contributed by atoms with van der Waals surface area (Å²) in [5.41, 5.74) is 3.40. The molecule has 0 radical (unpaired) electrons. The molecule has 3 heteroatoms. The highest BCUT2D eigenvalue weighted by Gasteiger charge is 2.18. The molecule has 0 aliphatic carbocycles. The Morgan fingerprint density at radius 1 is 1.33 bits per heavy atom. The average molecular weight is 289 g/mol. The van der Waals surface area contributed by atoms with Crippen LogP contribution in [-0.4, -0.2) is 12.5 Å². The van der Waals surface area contributed by atoms with Gasteiger partial charge in [-0.25, -0.2) is 0 Å². The molecule has 0 aliphatic rings. The Morgan fingerprint density at radius 3 is 2.56 bits per heavy atom. The number of aryl methyl sites for hydroxylation is 1. The minimum atomic E-state index is 0.368. The molecular weight excluding hydrogens is 267 g/mol. The summed E-state index contributed by atoms with van der Waals surface area (Å²) in [5, 5.41) is 0.843. The normalized spacial score (nSPS) is 12.6. The van der Waals surface area contributed by atoms with Gasteiger partial charge in [-0.1, -0.05) is 25.4 Å². The molecular formula is C15H22Cl2O. The van der Waals surface area contributed by atoms with Gasteiger partial charge >= 0.3 is 0 Å². The molecule has 18 heavy (non-hydrogen) atoms. The van der Waals surface area contributed by atoms with Crippen molar-refractivity contribution >= 4 is 23.2 Å². The van der Waals surface area contributed by atoms with Gasteiger partial charge in [-0.3, -0.25) is 0 Å². The second-order valence-corrected chi connectivity index (χ2v) is 5.53. The Labute approximate surface area is 120 Å². The molecule has 0 fully saturated rings. The van der Waals surface area contributed by atoms with Crippen molar-refractivity contribution in [1.82, 2.24) is 0 Å². The highest BCUT2D eigenvalue weighted by atomic mass is 35.5. The Kier molecular flexibility index (Phi) is 6.31. The van der Waals surface area contributed by atoms with Crippen LogP contribution in [0.1, 0.15) is 49.3 Å². The van der Waals surface area contributed by atoms with E-state index in [9.17, 15) is 0 Å². The highest BCUT2D eigenvalue weighted by molar-refractivity contribution is 6.32. The Hall–Kier alpha value is -0.400. The van der Waals surface area contributed by atoms with E-state index in [0.717, 1.165) is 41.3 Å². The highest BCUT2D eigenvalue weighted by Crippen LogP contribution is 2.37. The van der Waals surface area contributed by atoms with Crippen LogP contribution in [0, 0.1) is 13.8 Å². The first-order valence-corrected chi connectivity index (χ1v) is 7.42. The molecule has 102 valence electrons. The summed E-state index contributed by atoms with van der Waals surface area (Å²) in [7, 11) is 0. The molecule has 1 unspecified atom stereocenters. The van der Waals surface area contributed by atoms with Crippen molar-refractivity contribution in [3.8, 4) is 5.75 Å². The summed E-state index contributed by atoms with van der Waals surface area (Å²) in [6.45, 7) is 9.10. The summed E-state index contributed by atoms with van der Waals surface area (Å²) in [6.07, 6.45) is 1.94. The van der Waals surface area contributed by atoms with E-state index in [4.69, 9.17) is 27.9 Å². The van der Waals surface area contributed by atoms with E-state index in [0.29, 0.717) is 11.8 Å². The van der Waals surface area contributed by atoms with Gasteiger partial charge in [0.15, 0.2) is 0 Å². The number of hydrogen-bond acceptors (Lipinski definition) is 1. The Bertz CT molecular complexity index is 402. The van der Waals surface area contributed by atoms with Crippen LogP contribution < -0.4 is 4.74 Å². The van der Waals surface area contributed by atoms with Crippen LogP contribution in [0.4, 0.5) is 0 Å². The van der Waals surface area contributed by atoms with E-state index < -0.39 is 0 Å². The lowest BCUT2D eigenvalue weighted by Crippen LogP contribution is -2.06. The first-order valence-electron chi connectivity index (χ1n) is 6.51. The molecule has 1 rings (SSSR count). The summed E-state index contributed by atoms with van der Waals surface area (Å²) in [4.78, 5) is 0. The molecule has 0 N–H and O–H groups in total. The van der Waals surface area contributed by atoms with E-state index in [-0.39, 0.29) is 0 Å². The van der Waals surface area contributed by atoms with Crippen LogP contribution >= 0.6 is 23.2 Å². The second-order valence-electron chi connectivity index (χ2n) is 4.77. The second kappa shape index (κ2) is 7.25. The predicted octanol–water partition coefficient (Wildman–Crippen LogP) is 5.48. The lowest BCUT2D eigenvalue weighted by Gasteiger charge is -2.21. The molecule has 0 aromatic heterocycles. The van der Waals surface area contributed by atoms with Gasteiger partial charge in [0.25, 0.3) is 0 Å². The third-order valence-electron chi connectivity index (χ3n) is 3.19. The summed E-state index contributed by atoms with van der Waals surface area (Å²) in [5.74, 6) is 1.99. The van der Waals surface area contributed by atoms with Gasteiger partial charge in [-0.05, 0) is 49.8 Å². The fraction of sp³-hybridized carbons (Fsp3) is 0.600. The zero-order valence-corrected chi connectivity index (χ0v) is 13.2. The van der Waals surface area contributed by atoms with Crippen molar-refractivity contribution in [2.75, 3.05) is 12.5 Å². The Balaban J connectivity index is 3.20. The monoisotopic (exact) mass is 288 g/mol. The third-order valence-corrected chi connectivity index (χ3v) is 3.99. The minimum absolute atomic E-state index is 0.368. The number of benzene rings is 1. The molecule has 0 aliphatic heterocycles. The lowest BCUT2D eigenvalue weighted by molar-refractivity contribution is 0.312. The van der Waals surface area contributed by atoms with Gasteiger partial charge < -0.3 is 4.74 Å². The summed E-state index contributed by atoms with van der Waals surface area (Å²) in [6, 6.07) is 2.05. The van der Waals surface area contributed by atoms with Gasteiger partial charge in [-0.15, -0.1) is 11.6 Å². The predicted molar refractivity (Wildman–Crippen MR) is 80.5 cm³/mol. The SMILES string of the molecule is CCCOc1cc(C)c(Cl)c(C)c1C(C)CCCl. The van der Waals surface area contributed by atoms with E-state index >= 15 is 0 Å². The first kappa shape index (κ1) is 15.7. The number of halogens is 2. The van der Waals surface area contributed by atoms with Crippen molar-refractivity contribution in [3.05, 3.63) is 27.8 Å². The standard InChI is InChI=1S/C15H22Cl2O/c1-5-8-18-13-9-11(3)15(17)12(4)14(13)10(2)6-7-16/h9-10H,5-8H2,1-4H3. The van der Waals surface area contributed by atoms with Crippen LogP contribution in [0.25, 0.3) is 0 Å². The van der Waals surface area contributed by atoms with Crippen LogP contribution in [0.15, 0.2) is 6.07 Å². The number of ether oxygens (including phenoxy) is 1. The smallest absolute Gasteiger partial charge is 0.123 e. The quantitative estimate of drug-likeness (QED) is 0.630. The van der Waals surface area contributed by atoms with Gasteiger partial charge in [0, 0.05) is 16.5 Å². The van der Waals surface area contributed by atoms with Crippen LogP contribution in [0.2, 0.25) is 5.02 Å². The first-order chi connectivity index (χ1) is 8.52. The zero-order valence-electron chi connectivity index (χ0n) is 11.6. The van der Waals surface area contributed by atoms with Gasteiger partial charge in [0.1, 0.15) is 5.75 Å². The average Bonchev–Trinajstić information content (AvgIpc) is 2.33. The molecule has 0 bridgehead atoms. The number of hydrogen-bond donors (Lipinski definition) is 0. The van der Waals surface area contributed by atoms with E-state index in [1.54, 1.807) is 0 Å². The van der Waals surface area contributed by atoms with Crippen LogP contribution in [0.5, 0.6) is 5.75 Å². The molecule has 0 spiro atoms. The van der Waals surface area contributed by atoms with Crippen LogP contribution in [-0.2, 0) is 0 Å². The van der Waals surface area contributed by atoms with Crippen molar-refractivity contribution < 1.29 is 4.74 Å². The molecule has 1 nitrogen and oxygen atoms in total. The molecule has 1 aromatic rings. The number of alkyl halides is 1. The summed E-state index contributed by atoms with van der Waals surface area (Å²) < 4.78 is 5.87. The maximum Gasteiger partial charge on any atom is 0.123 e. The van der Waals surface area contributed by atoms with E-state index in [1.807, 2.05) is 13.0 Å². The molecule has 1 atom stereocenters. The summed E-state index contributed by atoms with van der Waals surface area (Å²) >= 11 is 12.2. The molecule has 0 saturated carbocycles. The van der Waals surface area contributed by atoms with Gasteiger partial charge in [-0.2, -0.15) is 0 Å². The fourth-order valence-electron chi connectivity index (χ4n) is 2.19. The molecule has 0 saturated heterocycles. The maximum absolute atomic E-state index is 6.34. The molecule has 1 aromatic carbocycles. The Morgan fingerprint density at radius 2 is 2.00 bits per heavy atom. The number of rotatable bonds is 6. The van der Waals surface area contributed by atoms with E-state index in [1.165, 1.54) is 5.56 Å². The van der Waals surface area contributed by atoms with Crippen molar-refractivity contribution in [2.24, 2.45) is 0 Å². The van der Waals surface area contributed by atoms with Crippen LogP contribution in [0.3, 0.4) is 0 Å². The minimum Gasteiger partial charge on any atom is -0.493 e. The lowest BCUT2D eigenvalue weighted by atomic mass is 9.92. The van der Waals surface area contributed by atoms with Crippen molar-refractivity contribution in [2.45, 2.75) is 46.5 Å². The van der Waals surface area contributed by atoms with Gasteiger partial charge in [0.2, 0.25) is 0 Å². The van der Waals surface area contributed by atoms with Crippen molar-refractivity contribution in [3.63, 3.8) is 0 Å². The maximum atomic E-state index is 6.34. The van der Waals surface area contributed by atoms with Gasteiger partial charge in [0.05, 0.1) is 6.61 Å². The third kappa shape index (κ3) is 3.55. The molecule has 0 heterocycles. The van der Waals surface area contributed by atoms with Crippen molar-refractivity contribution in [1.29, 1.82) is 0 Å². The fourth-order valence-corrected chi connectivity index (χ4v) is 2.67. The largest absolute Gasteiger partial charge is 0.493 e. The van der Waals surface area contributed by atoms with E-state index in [2.05, 4.69) is 20.8 Å². The molecule has 0 amide bonds. The zero-order chi connectivity index (χ0) is 13.7.